The van der Waals surface area contributed by atoms with Crippen LogP contribution in [0, 0.1) is 5.92 Å². The van der Waals surface area contributed by atoms with Gasteiger partial charge in [0, 0.05) is 17.8 Å². The highest BCUT2D eigenvalue weighted by molar-refractivity contribution is 5.63. The lowest BCUT2D eigenvalue weighted by Crippen LogP contribution is -2.19. The van der Waals surface area contributed by atoms with Gasteiger partial charge in [-0.2, -0.15) is 0 Å². The molecule has 2 heteroatoms. The minimum atomic E-state index is 0.472. The maximum atomic E-state index is 5.70. The van der Waals surface area contributed by atoms with Gasteiger partial charge in [0.15, 0.2) is 0 Å². The molecule has 0 saturated heterocycles. The van der Waals surface area contributed by atoms with E-state index in [0.29, 0.717) is 12.5 Å². The Kier molecular flexibility index (Phi) is 3.90. The minimum absolute atomic E-state index is 0.472. The van der Waals surface area contributed by atoms with Gasteiger partial charge in [0.2, 0.25) is 0 Å². The van der Waals surface area contributed by atoms with Gasteiger partial charge >= 0.3 is 0 Å². The van der Waals surface area contributed by atoms with Crippen LogP contribution in [-0.4, -0.2) is 12.8 Å². The lowest BCUT2D eigenvalue weighted by atomic mass is 9.92. The SMILES string of the molecule is CC/C=C\C1=C(C)N=CCC1CN. The maximum Gasteiger partial charge on any atom is 0.0403 e. The van der Waals surface area contributed by atoms with Crippen molar-refractivity contribution < 1.29 is 0 Å². The number of nitrogens with two attached hydrogens (primary N) is 1. The van der Waals surface area contributed by atoms with Gasteiger partial charge in [-0.05, 0) is 31.9 Å². The molecular formula is C11H18N2. The van der Waals surface area contributed by atoms with Crippen LogP contribution < -0.4 is 5.73 Å². The van der Waals surface area contributed by atoms with E-state index < -0.39 is 0 Å². The van der Waals surface area contributed by atoms with Crippen molar-refractivity contribution in [2.45, 2.75) is 26.7 Å². The third kappa shape index (κ3) is 2.52. The molecule has 0 spiro atoms. The molecule has 0 radical (unpaired) electrons. The highest BCUT2D eigenvalue weighted by atomic mass is 14.7. The molecule has 0 aromatic carbocycles. The number of rotatable bonds is 3. The van der Waals surface area contributed by atoms with E-state index in [1.165, 1.54) is 5.57 Å². The number of hydrogen-bond acceptors (Lipinski definition) is 2. The Morgan fingerprint density at radius 1 is 1.69 bits per heavy atom. The Hall–Kier alpha value is -0.890. The quantitative estimate of drug-likeness (QED) is 0.707. The van der Waals surface area contributed by atoms with Crippen molar-refractivity contribution in [3.63, 3.8) is 0 Å². The summed E-state index contributed by atoms with van der Waals surface area (Å²) in [6.07, 6.45) is 8.36. The van der Waals surface area contributed by atoms with E-state index in [2.05, 4.69) is 24.1 Å². The summed E-state index contributed by atoms with van der Waals surface area (Å²) in [5.41, 5.74) is 8.13. The second kappa shape index (κ2) is 4.97. The predicted octanol–water partition coefficient (Wildman–Crippen LogP) is 2.28. The first-order valence-corrected chi connectivity index (χ1v) is 4.89. The van der Waals surface area contributed by atoms with Gasteiger partial charge in [0.05, 0.1) is 0 Å². The molecule has 1 heterocycles. The van der Waals surface area contributed by atoms with E-state index >= 15 is 0 Å². The monoisotopic (exact) mass is 178 g/mol. The number of aliphatic imine (C=N–C) groups is 1. The average molecular weight is 178 g/mol. The third-order valence-corrected chi connectivity index (χ3v) is 2.35. The molecule has 0 fully saturated rings. The number of nitrogens with zero attached hydrogens (tertiary/aromatic N) is 1. The smallest absolute Gasteiger partial charge is 0.0403 e. The van der Waals surface area contributed by atoms with Crippen LogP contribution in [-0.2, 0) is 0 Å². The van der Waals surface area contributed by atoms with Gasteiger partial charge in [-0.15, -0.1) is 0 Å². The Bertz CT molecular complexity index is 249. The Morgan fingerprint density at radius 2 is 2.46 bits per heavy atom. The summed E-state index contributed by atoms with van der Waals surface area (Å²) in [6, 6.07) is 0. The predicted molar refractivity (Wildman–Crippen MR) is 57.8 cm³/mol. The molecule has 0 bridgehead atoms. The molecule has 1 aliphatic heterocycles. The first-order chi connectivity index (χ1) is 6.29. The average Bonchev–Trinajstić information content (AvgIpc) is 2.15. The summed E-state index contributed by atoms with van der Waals surface area (Å²) in [7, 11) is 0. The van der Waals surface area contributed by atoms with E-state index in [4.69, 9.17) is 5.73 Å². The van der Waals surface area contributed by atoms with Crippen molar-refractivity contribution in [1.82, 2.24) is 0 Å². The topological polar surface area (TPSA) is 38.4 Å². The van der Waals surface area contributed by atoms with Crippen LogP contribution in [0.25, 0.3) is 0 Å². The number of allylic oxidation sites excluding steroid dienone is 3. The van der Waals surface area contributed by atoms with Crippen LogP contribution in [0.2, 0.25) is 0 Å². The molecule has 13 heavy (non-hydrogen) atoms. The molecule has 0 aromatic rings. The summed E-state index contributed by atoms with van der Waals surface area (Å²) in [5.74, 6) is 0.472. The molecule has 0 aliphatic carbocycles. The van der Waals surface area contributed by atoms with E-state index in [9.17, 15) is 0 Å². The van der Waals surface area contributed by atoms with Crippen molar-refractivity contribution in [2.24, 2.45) is 16.6 Å². The van der Waals surface area contributed by atoms with Crippen LogP contribution in [0.4, 0.5) is 0 Å². The zero-order valence-electron chi connectivity index (χ0n) is 8.46. The zero-order valence-corrected chi connectivity index (χ0v) is 8.46. The van der Waals surface area contributed by atoms with Gasteiger partial charge in [0.1, 0.15) is 0 Å². The normalized spacial score (nSPS) is 23.2. The van der Waals surface area contributed by atoms with Crippen LogP contribution in [0.3, 0.4) is 0 Å². The van der Waals surface area contributed by atoms with Crippen LogP contribution >= 0.6 is 0 Å². The Labute approximate surface area is 80.2 Å². The van der Waals surface area contributed by atoms with Crippen molar-refractivity contribution in [2.75, 3.05) is 6.54 Å². The molecule has 2 nitrogen and oxygen atoms in total. The second-order valence-electron chi connectivity index (χ2n) is 3.33. The van der Waals surface area contributed by atoms with Crippen molar-refractivity contribution in [3.8, 4) is 0 Å². The first-order valence-electron chi connectivity index (χ1n) is 4.89. The van der Waals surface area contributed by atoms with Gasteiger partial charge in [0.25, 0.3) is 0 Å². The molecule has 1 rings (SSSR count). The van der Waals surface area contributed by atoms with E-state index in [0.717, 1.165) is 18.5 Å². The molecule has 0 amide bonds. The molecule has 0 aromatic heterocycles. The molecule has 1 unspecified atom stereocenters. The molecular weight excluding hydrogens is 160 g/mol. The lowest BCUT2D eigenvalue weighted by Gasteiger charge is -2.19. The first kappa shape index (κ1) is 10.2. The van der Waals surface area contributed by atoms with E-state index in [1.54, 1.807) is 0 Å². The maximum absolute atomic E-state index is 5.70. The zero-order chi connectivity index (χ0) is 9.68. The Morgan fingerprint density at radius 3 is 3.08 bits per heavy atom. The molecule has 1 aliphatic rings. The van der Waals surface area contributed by atoms with E-state index in [1.807, 2.05) is 13.1 Å². The van der Waals surface area contributed by atoms with Crippen molar-refractivity contribution >= 4 is 6.21 Å². The van der Waals surface area contributed by atoms with Gasteiger partial charge in [-0.3, -0.25) is 4.99 Å². The summed E-state index contributed by atoms with van der Waals surface area (Å²) < 4.78 is 0. The standard InChI is InChI=1S/C11H18N2/c1-3-4-5-11-9(2)13-7-6-10(11)8-12/h4-5,7,10H,3,6,8,12H2,1-2H3/b5-4-. The second-order valence-corrected chi connectivity index (χ2v) is 3.33. The highest BCUT2D eigenvalue weighted by Gasteiger charge is 2.14. The van der Waals surface area contributed by atoms with Gasteiger partial charge in [-0.25, -0.2) is 0 Å². The molecule has 1 atom stereocenters. The highest BCUT2D eigenvalue weighted by Crippen LogP contribution is 2.23. The fourth-order valence-electron chi connectivity index (χ4n) is 1.54. The molecule has 72 valence electrons. The number of hydrogen-bond donors (Lipinski definition) is 1. The lowest BCUT2D eigenvalue weighted by molar-refractivity contribution is 0.653. The molecule has 2 N–H and O–H groups in total. The van der Waals surface area contributed by atoms with Crippen molar-refractivity contribution in [1.29, 1.82) is 0 Å². The van der Waals surface area contributed by atoms with Gasteiger partial charge in [-0.1, -0.05) is 19.1 Å². The Balaban J connectivity index is 2.83. The van der Waals surface area contributed by atoms with E-state index in [-0.39, 0.29) is 0 Å². The van der Waals surface area contributed by atoms with Crippen molar-refractivity contribution in [3.05, 3.63) is 23.4 Å². The summed E-state index contributed by atoms with van der Waals surface area (Å²) in [6.45, 7) is 4.90. The van der Waals surface area contributed by atoms with Gasteiger partial charge < -0.3 is 5.73 Å². The third-order valence-electron chi connectivity index (χ3n) is 2.35. The summed E-state index contributed by atoms with van der Waals surface area (Å²) >= 11 is 0. The van der Waals surface area contributed by atoms with Crippen LogP contribution in [0.1, 0.15) is 26.7 Å². The minimum Gasteiger partial charge on any atom is -0.330 e. The van der Waals surface area contributed by atoms with Crippen LogP contribution in [0.5, 0.6) is 0 Å². The summed E-state index contributed by atoms with van der Waals surface area (Å²) in [4.78, 5) is 4.31. The fraction of sp³-hybridized carbons (Fsp3) is 0.545. The largest absolute Gasteiger partial charge is 0.330 e. The summed E-state index contributed by atoms with van der Waals surface area (Å²) in [5, 5.41) is 0. The molecule has 0 saturated carbocycles. The van der Waals surface area contributed by atoms with Crippen LogP contribution in [0.15, 0.2) is 28.4 Å². The fourth-order valence-corrected chi connectivity index (χ4v) is 1.54.